The Morgan fingerprint density at radius 3 is 2.63 bits per heavy atom. The lowest BCUT2D eigenvalue weighted by Crippen LogP contribution is -2.35. The lowest BCUT2D eigenvalue weighted by Gasteiger charge is -2.13. The van der Waals surface area contributed by atoms with E-state index in [1.807, 2.05) is 13.0 Å². The Hall–Kier alpha value is -1.97. The van der Waals surface area contributed by atoms with Crippen LogP contribution in [0.25, 0.3) is 0 Å². The first-order chi connectivity index (χ1) is 12.7. The fraction of sp³-hybridized carbons (Fsp3) is 0.222. The van der Waals surface area contributed by atoms with E-state index in [9.17, 15) is 13.2 Å². The third-order valence-electron chi connectivity index (χ3n) is 3.95. The minimum atomic E-state index is -3.79. The number of hydrogen-bond donors (Lipinski definition) is 3. The molecule has 1 aliphatic rings. The summed E-state index contributed by atoms with van der Waals surface area (Å²) in [7, 11) is -3.79. The van der Waals surface area contributed by atoms with E-state index >= 15 is 0 Å². The average Bonchev–Trinajstić information content (AvgIpc) is 3.43. The van der Waals surface area contributed by atoms with Crippen LogP contribution in [0.4, 0.5) is 11.4 Å². The number of carbonyl (C=O) groups is 1. The third-order valence-corrected chi connectivity index (χ3v) is 6.21. The molecule has 0 spiro atoms. The van der Waals surface area contributed by atoms with Crippen molar-refractivity contribution in [1.82, 2.24) is 5.32 Å². The Morgan fingerprint density at radius 2 is 1.93 bits per heavy atom. The smallest absolute Gasteiger partial charge is 0.262 e. The molecule has 0 atom stereocenters. The maximum absolute atomic E-state index is 12.7. The van der Waals surface area contributed by atoms with E-state index in [1.165, 1.54) is 12.1 Å². The fourth-order valence-electron chi connectivity index (χ4n) is 2.38. The van der Waals surface area contributed by atoms with Crippen LogP contribution in [0.5, 0.6) is 0 Å². The zero-order valence-corrected chi connectivity index (χ0v) is 17.7. The summed E-state index contributed by atoms with van der Waals surface area (Å²) in [4.78, 5) is 11.8. The number of sulfonamides is 1. The Kier molecular flexibility index (Phi) is 5.83. The van der Waals surface area contributed by atoms with E-state index < -0.39 is 10.0 Å². The molecule has 0 radical (unpaired) electrons. The van der Waals surface area contributed by atoms with E-state index in [2.05, 4.69) is 31.3 Å². The molecule has 0 aliphatic heterocycles. The van der Waals surface area contributed by atoms with Crippen molar-refractivity contribution < 1.29 is 13.2 Å². The molecular formula is C18H18BrN3O3S2. The summed E-state index contributed by atoms with van der Waals surface area (Å²) in [6.07, 6.45) is 1.75. The van der Waals surface area contributed by atoms with Crippen molar-refractivity contribution in [2.24, 2.45) is 5.92 Å². The van der Waals surface area contributed by atoms with Gasteiger partial charge in [0.1, 0.15) is 0 Å². The number of anilines is 2. The summed E-state index contributed by atoms with van der Waals surface area (Å²) < 4.78 is 28.7. The molecule has 9 heteroatoms. The van der Waals surface area contributed by atoms with Crippen molar-refractivity contribution in [3.63, 3.8) is 0 Å². The van der Waals surface area contributed by atoms with E-state index in [-0.39, 0.29) is 21.8 Å². The van der Waals surface area contributed by atoms with Crippen molar-refractivity contribution in [1.29, 1.82) is 0 Å². The summed E-state index contributed by atoms with van der Waals surface area (Å²) in [5, 5.41) is 5.61. The van der Waals surface area contributed by atoms with Crippen molar-refractivity contribution in [2.75, 3.05) is 10.0 Å². The zero-order chi connectivity index (χ0) is 19.6. The van der Waals surface area contributed by atoms with E-state index in [0.717, 1.165) is 18.4 Å². The SMILES string of the molecule is Cc1ccc(Br)c(NS(=O)(=O)c2cccc(NC(=S)NC(=O)C3CC3)c2)c1. The van der Waals surface area contributed by atoms with Crippen LogP contribution >= 0.6 is 28.1 Å². The van der Waals surface area contributed by atoms with Gasteiger partial charge in [0.2, 0.25) is 5.91 Å². The average molecular weight is 468 g/mol. The Labute approximate surface area is 171 Å². The number of hydrogen-bond acceptors (Lipinski definition) is 4. The van der Waals surface area contributed by atoms with Crippen molar-refractivity contribution >= 4 is 60.6 Å². The second kappa shape index (κ2) is 7.95. The summed E-state index contributed by atoms with van der Waals surface area (Å²) in [6, 6.07) is 11.6. The maximum Gasteiger partial charge on any atom is 0.262 e. The topological polar surface area (TPSA) is 87.3 Å². The summed E-state index contributed by atoms with van der Waals surface area (Å²) in [5.74, 6) is -0.0734. The zero-order valence-electron chi connectivity index (χ0n) is 14.5. The van der Waals surface area contributed by atoms with Crippen LogP contribution in [0.15, 0.2) is 51.8 Å². The van der Waals surface area contributed by atoms with Crippen LogP contribution in [0.2, 0.25) is 0 Å². The Morgan fingerprint density at radius 1 is 1.19 bits per heavy atom. The highest BCUT2D eigenvalue weighted by Gasteiger charge is 2.30. The molecule has 0 saturated heterocycles. The molecule has 0 heterocycles. The van der Waals surface area contributed by atoms with Gasteiger partial charge in [-0.1, -0.05) is 12.1 Å². The minimum Gasteiger partial charge on any atom is -0.332 e. The van der Waals surface area contributed by atoms with Gasteiger partial charge in [-0.3, -0.25) is 9.52 Å². The van der Waals surface area contributed by atoms with E-state index in [0.29, 0.717) is 15.8 Å². The standard InChI is InChI=1S/C18H18BrN3O3S2/c1-11-5-8-15(19)16(9-11)22-27(24,25)14-4-2-3-13(10-14)20-18(26)21-17(23)12-6-7-12/h2-5,8-10,12,22H,6-7H2,1H3,(H2,20,21,23,26). The molecule has 2 aromatic carbocycles. The number of nitrogens with one attached hydrogen (secondary N) is 3. The molecular weight excluding hydrogens is 450 g/mol. The molecule has 3 rings (SSSR count). The highest BCUT2D eigenvalue weighted by molar-refractivity contribution is 9.10. The number of benzene rings is 2. The van der Waals surface area contributed by atoms with Crippen LogP contribution in [-0.2, 0) is 14.8 Å². The monoisotopic (exact) mass is 467 g/mol. The molecule has 142 valence electrons. The van der Waals surface area contributed by atoms with Gasteiger partial charge in [0.15, 0.2) is 5.11 Å². The van der Waals surface area contributed by atoms with Gasteiger partial charge in [-0.25, -0.2) is 8.42 Å². The molecule has 2 aromatic rings. The van der Waals surface area contributed by atoms with Crippen LogP contribution < -0.4 is 15.4 Å². The predicted molar refractivity (Wildman–Crippen MR) is 113 cm³/mol. The molecule has 1 amide bonds. The van der Waals surface area contributed by atoms with Gasteiger partial charge >= 0.3 is 0 Å². The molecule has 6 nitrogen and oxygen atoms in total. The van der Waals surface area contributed by atoms with Crippen molar-refractivity contribution in [2.45, 2.75) is 24.7 Å². The lowest BCUT2D eigenvalue weighted by molar-refractivity contribution is -0.120. The normalized spacial score (nSPS) is 13.7. The highest BCUT2D eigenvalue weighted by Crippen LogP contribution is 2.29. The quantitative estimate of drug-likeness (QED) is 0.582. The van der Waals surface area contributed by atoms with Gasteiger partial charge in [-0.05, 0) is 83.8 Å². The van der Waals surface area contributed by atoms with Crippen LogP contribution in [0.3, 0.4) is 0 Å². The van der Waals surface area contributed by atoms with E-state index in [1.54, 1.807) is 24.3 Å². The van der Waals surface area contributed by atoms with Gasteiger partial charge in [0, 0.05) is 16.1 Å². The minimum absolute atomic E-state index is 0.0356. The second-order valence-electron chi connectivity index (χ2n) is 6.33. The van der Waals surface area contributed by atoms with Crippen LogP contribution in [0, 0.1) is 12.8 Å². The molecule has 1 saturated carbocycles. The lowest BCUT2D eigenvalue weighted by atomic mass is 10.2. The van der Waals surface area contributed by atoms with E-state index in [4.69, 9.17) is 12.2 Å². The van der Waals surface area contributed by atoms with Crippen LogP contribution in [-0.4, -0.2) is 19.4 Å². The largest absolute Gasteiger partial charge is 0.332 e. The molecule has 1 aliphatic carbocycles. The first-order valence-corrected chi connectivity index (χ1v) is 10.9. The molecule has 0 unspecified atom stereocenters. The number of aryl methyl sites for hydroxylation is 1. The van der Waals surface area contributed by atoms with Gasteiger partial charge in [0.25, 0.3) is 10.0 Å². The fourth-order valence-corrected chi connectivity index (χ4v) is 4.20. The molecule has 0 aromatic heterocycles. The first kappa shape index (κ1) is 19.8. The van der Waals surface area contributed by atoms with Crippen LogP contribution in [0.1, 0.15) is 18.4 Å². The Balaban J connectivity index is 1.74. The molecule has 0 bridgehead atoms. The summed E-state index contributed by atoms with van der Waals surface area (Å²) >= 11 is 8.46. The van der Waals surface area contributed by atoms with Crippen molar-refractivity contribution in [3.8, 4) is 0 Å². The van der Waals surface area contributed by atoms with Gasteiger partial charge < -0.3 is 10.6 Å². The summed E-state index contributed by atoms with van der Waals surface area (Å²) in [5.41, 5.74) is 1.87. The Bertz CT molecular complexity index is 1000. The van der Waals surface area contributed by atoms with Crippen molar-refractivity contribution in [3.05, 3.63) is 52.5 Å². The van der Waals surface area contributed by atoms with Gasteiger partial charge in [-0.15, -0.1) is 0 Å². The number of rotatable bonds is 5. The number of carbonyl (C=O) groups excluding carboxylic acids is 1. The highest BCUT2D eigenvalue weighted by atomic mass is 79.9. The first-order valence-electron chi connectivity index (χ1n) is 8.25. The second-order valence-corrected chi connectivity index (χ2v) is 9.28. The number of halogens is 1. The maximum atomic E-state index is 12.7. The van der Waals surface area contributed by atoms with Gasteiger partial charge in [-0.2, -0.15) is 0 Å². The summed E-state index contributed by atoms with van der Waals surface area (Å²) in [6.45, 7) is 1.88. The number of thiocarbonyl (C=S) groups is 1. The molecule has 3 N–H and O–H groups in total. The third kappa shape index (κ3) is 5.27. The van der Waals surface area contributed by atoms with Gasteiger partial charge in [0.05, 0.1) is 10.6 Å². The molecule has 27 heavy (non-hydrogen) atoms. The molecule has 1 fully saturated rings. The predicted octanol–water partition coefficient (Wildman–Crippen LogP) is 3.78. The number of amides is 1.